The van der Waals surface area contributed by atoms with Crippen LogP contribution in [0.4, 0.5) is 0 Å². The van der Waals surface area contributed by atoms with Crippen LogP contribution in [0.25, 0.3) is 0 Å². The first kappa shape index (κ1) is 6.58. The summed E-state index contributed by atoms with van der Waals surface area (Å²) in [6.07, 6.45) is 1.74. The van der Waals surface area contributed by atoms with Gasteiger partial charge in [0.2, 0.25) is 0 Å². The molecule has 0 aliphatic carbocycles. The molecule has 1 N–H and O–H groups in total. The lowest BCUT2D eigenvalue weighted by Crippen LogP contribution is -2.21. The van der Waals surface area contributed by atoms with Crippen LogP contribution in [0.2, 0.25) is 0 Å². The molecule has 0 aromatic carbocycles. The first-order valence-electron chi connectivity index (χ1n) is 3.83. The lowest BCUT2D eigenvalue weighted by Gasteiger charge is -2.10. The van der Waals surface area contributed by atoms with Crippen LogP contribution in [-0.2, 0) is 9.47 Å². The van der Waals surface area contributed by atoms with Crippen LogP contribution in [0.15, 0.2) is 0 Å². The Balaban J connectivity index is 1.79. The Hall–Kier alpha value is -0.120. The maximum Gasteiger partial charge on any atom is 0.147 e. The summed E-state index contributed by atoms with van der Waals surface area (Å²) >= 11 is 0. The van der Waals surface area contributed by atoms with Crippen molar-refractivity contribution in [3.05, 3.63) is 0 Å². The van der Waals surface area contributed by atoms with Crippen molar-refractivity contribution >= 4 is 0 Å². The van der Waals surface area contributed by atoms with Crippen molar-refractivity contribution in [2.24, 2.45) is 0 Å². The van der Waals surface area contributed by atoms with Gasteiger partial charge >= 0.3 is 0 Å². The summed E-state index contributed by atoms with van der Waals surface area (Å²) in [5, 5.41) is 3.25. The zero-order valence-electron chi connectivity index (χ0n) is 6.17. The van der Waals surface area contributed by atoms with Crippen LogP contribution in [-0.4, -0.2) is 31.6 Å². The molecule has 1 unspecified atom stereocenters. The molecule has 0 radical (unpaired) electrons. The minimum Gasteiger partial charge on any atom is -0.350 e. The van der Waals surface area contributed by atoms with E-state index in [2.05, 4.69) is 12.2 Å². The first-order chi connectivity index (χ1) is 4.86. The quantitative estimate of drug-likeness (QED) is 0.558. The summed E-state index contributed by atoms with van der Waals surface area (Å²) in [6, 6.07) is 0.703. The highest BCUT2D eigenvalue weighted by Crippen LogP contribution is 2.19. The molecule has 0 spiro atoms. The van der Waals surface area contributed by atoms with E-state index in [0.717, 1.165) is 13.0 Å². The molecule has 0 amide bonds. The Kier molecular flexibility index (Phi) is 1.64. The van der Waals surface area contributed by atoms with Gasteiger partial charge in [-0.2, -0.15) is 0 Å². The van der Waals surface area contributed by atoms with Gasteiger partial charge in [0.05, 0.1) is 12.2 Å². The highest BCUT2D eigenvalue weighted by Gasteiger charge is 2.31. The highest BCUT2D eigenvalue weighted by molar-refractivity contribution is 4.88. The molecule has 0 saturated carbocycles. The van der Waals surface area contributed by atoms with Crippen molar-refractivity contribution < 1.29 is 9.47 Å². The molecule has 2 saturated heterocycles. The molecule has 3 heteroatoms. The summed E-state index contributed by atoms with van der Waals surface area (Å²) in [7, 11) is 0. The predicted molar refractivity (Wildman–Crippen MR) is 36.7 cm³/mol. The fraction of sp³-hybridized carbons (Fsp3) is 1.00. The SMILES string of the molecule is C[C@@H]1OCO[C@@H]1CC1CN1. The van der Waals surface area contributed by atoms with Crippen molar-refractivity contribution in [2.75, 3.05) is 13.3 Å². The number of rotatable bonds is 2. The number of hydrogen-bond acceptors (Lipinski definition) is 3. The Morgan fingerprint density at radius 1 is 1.50 bits per heavy atom. The summed E-state index contributed by atoms with van der Waals surface area (Å²) < 4.78 is 10.6. The summed E-state index contributed by atoms with van der Waals surface area (Å²) in [4.78, 5) is 0. The Labute approximate surface area is 60.7 Å². The fourth-order valence-electron chi connectivity index (χ4n) is 1.27. The van der Waals surface area contributed by atoms with Crippen LogP contribution in [0.5, 0.6) is 0 Å². The molecule has 0 aromatic rings. The number of ether oxygens (including phenoxy) is 2. The summed E-state index contributed by atoms with van der Waals surface area (Å²) in [5.41, 5.74) is 0. The van der Waals surface area contributed by atoms with Gasteiger partial charge in [0.15, 0.2) is 0 Å². The monoisotopic (exact) mass is 143 g/mol. The van der Waals surface area contributed by atoms with E-state index in [1.54, 1.807) is 0 Å². The Morgan fingerprint density at radius 3 is 2.80 bits per heavy atom. The van der Waals surface area contributed by atoms with E-state index in [1.807, 2.05) is 0 Å². The molecule has 2 rings (SSSR count). The van der Waals surface area contributed by atoms with E-state index >= 15 is 0 Å². The number of hydrogen-bond donors (Lipinski definition) is 1. The molecule has 2 fully saturated rings. The minimum absolute atomic E-state index is 0.294. The second-order valence-corrected chi connectivity index (χ2v) is 3.04. The normalized spacial score (nSPS) is 45.9. The van der Waals surface area contributed by atoms with Gasteiger partial charge in [-0.3, -0.25) is 0 Å². The minimum atomic E-state index is 0.294. The standard InChI is InChI=1S/C7H13NO2/c1-5-7(10-4-9-5)2-6-3-8-6/h5-8H,2-4H2,1H3/t5-,6?,7+/m0/s1. The fourth-order valence-corrected chi connectivity index (χ4v) is 1.27. The maximum absolute atomic E-state index is 5.35. The molecule has 58 valence electrons. The topological polar surface area (TPSA) is 40.4 Å². The lowest BCUT2D eigenvalue weighted by molar-refractivity contribution is 0.0394. The van der Waals surface area contributed by atoms with Gasteiger partial charge in [-0.15, -0.1) is 0 Å². The van der Waals surface area contributed by atoms with E-state index in [1.165, 1.54) is 0 Å². The van der Waals surface area contributed by atoms with Crippen molar-refractivity contribution in [1.29, 1.82) is 0 Å². The van der Waals surface area contributed by atoms with E-state index in [9.17, 15) is 0 Å². The Morgan fingerprint density at radius 2 is 2.30 bits per heavy atom. The van der Waals surface area contributed by atoms with Crippen LogP contribution in [0.3, 0.4) is 0 Å². The average Bonchev–Trinajstić information content (AvgIpc) is 2.62. The van der Waals surface area contributed by atoms with Crippen molar-refractivity contribution in [2.45, 2.75) is 31.6 Å². The second-order valence-electron chi connectivity index (χ2n) is 3.04. The van der Waals surface area contributed by atoms with Gasteiger partial charge in [-0.05, 0) is 13.3 Å². The van der Waals surface area contributed by atoms with Gasteiger partial charge in [0.25, 0.3) is 0 Å². The predicted octanol–water partition coefficient (Wildman–Crippen LogP) is 0.110. The molecular formula is C7H13NO2. The lowest BCUT2D eigenvalue weighted by atomic mass is 10.1. The third kappa shape index (κ3) is 1.31. The molecule has 0 bridgehead atoms. The summed E-state index contributed by atoms with van der Waals surface area (Å²) in [6.45, 7) is 3.71. The number of nitrogens with one attached hydrogen (secondary N) is 1. The molecule has 2 heterocycles. The zero-order valence-corrected chi connectivity index (χ0v) is 6.17. The van der Waals surface area contributed by atoms with Crippen LogP contribution in [0.1, 0.15) is 13.3 Å². The zero-order chi connectivity index (χ0) is 6.97. The van der Waals surface area contributed by atoms with E-state index in [-0.39, 0.29) is 0 Å². The van der Waals surface area contributed by atoms with Crippen molar-refractivity contribution in [1.82, 2.24) is 5.32 Å². The first-order valence-corrected chi connectivity index (χ1v) is 3.83. The molecule has 2 aliphatic rings. The third-order valence-electron chi connectivity index (χ3n) is 2.15. The highest BCUT2D eigenvalue weighted by atomic mass is 16.7. The summed E-state index contributed by atoms with van der Waals surface area (Å²) in [5.74, 6) is 0. The van der Waals surface area contributed by atoms with Crippen LogP contribution >= 0.6 is 0 Å². The largest absolute Gasteiger partial charge is 0.350 e. The van der Waals surface area contributed by atoms with Gasteiger partial charge in [0, 0.05) is 12.6 Å². The maximum atomic E-state index is 5.35. The van der Waals surface area contributed by atoms with Gasteiger partial charge in [-0.25, -0.2) is 0 Å². The van der Waals surface area contributed by atoms with Crippen LogP contribution < -0.4 is 5.32 Å². The second kappa shape index (κ2) is 2.49. The Bertz CT molecular complexity index is 125. The molecule has 2 aliphatic heterocycles. The molecule has 10 heavy (non-hydrogen) atoms. The van der Waals surface area contributed by atoms with E-state index in [4.69, 9.17) is 9.47 Å². The molecular weight excluding hydrogens is 130 g/mol. The molecule has 3 atom stereocenters. The van der Waals surface area contributed by atoms with Crippen molar-refractivity contribution in [3.8, 4) is 0 Å². The molecule has 3 nitrogen and oxygen atoms in total. The average molecular weight is 143 g/mol. The molecule has 0 aromatic heterocycles. The van der Waals surface area contributed by atoms with E-state index < -0.39 is 0 Å². The smallest absolute Gasteiger partial charge is 0.147 e. The van der Waals surface area contributed by atoms with Gasteiger partial charge in [0.1, 0.15) is 6.79 Å². The third-order valence-corrected chi connectivity index (χ3v) is 2.15. The van der Waals surface area contributed by atoms with Gasteiger partial charge in [-0.1, -0.05) is 0 Å². The van der Waals surface area contributed by atoms with E-state index in [0.29, 0.717) is 25.0 Å². The van der Waals surface area contributed by atoms with Crippen molar-refractivity contribution in [3.63, 3.8) is 0 Å². The van der Waals surface area contributed by atoms with Gasteiger partial charge < -0.3 is 14.8 Å². The van der Waals surface area contributed by atoms with Crippen LogP contribution in [0, 0.1) is 0 Å².